The third kappa shape index (κ3) is 14.3. The van der Waals surface area contributed by atoms with Crippen molar-refractivity contribution in [3.63, 3.8) is 0 Å². The van der Waals surface area contributed by atoms with E-state index in [0.29, 0.717) is 5.57 Å². The summed E-state index contributed by atoms with van der Waals surface area (Å²) in [7, 11) is 1.79. The van der Waals surface area contributed by atoms with Crippen molar-refractivity contribution in [2.45, 2.75) is 212 Å². The third-order valence-corrected chi connectivity index (χ3v) is 20.0. The predicted molar refractivity (Wildman–Crippen MR) is 266 cm³/mol. The van der Waals surface area contributed by atoms with Gasteiger partial charge in [-0.15, -0.1) is 0 Å². The highest BCUT2D eigenvalue weighted by atomic mass is 28.4. The van der Waals surface area contributed by atoms with Gasteiger partial charge in [0.25, 0.3) is 0 Å². The Morgan fingerprint density at radius 2 is 1.50 bits per heavy atom. The number of fused-ring (bicyclic) bond motifs is 6. The number of ether oxygens (including phenoxy) is 11. The van der Waals surface area contributed by atoms with E-state index in [1.807, 2.05) is 58.0 Å². The van der Waals surface area contributed by atoms with Crippen LogP contribution in [-0.4, -0.2) is 133 Å². The van der Waals surface area contributed by atoms with Crippen molar-refractivity contribution < 1.29 is 80.5 Å². The number of carbonyl (C=O) groups excluding carboxylic acids is 5. The number of benzene rings is 1. The second-order valence-corrected chi connectivity index (χ2v) is 25.6. The molecular weight excluding hydrogens is 949 g/mol. The van der Waals surface area contributed by atoms with Crippen LogP contribution in [0, 0.1) is 10.8 Å². The summed E-state index contributed by atoms with van der Waals surface area (Å²) < 4.78 is 76.8. The first-order chi connectivity index (χ1) is 34.0. The zero-order valence-corrected chi connectivity index (χ0v) is 45.9. The van der Waals surface area contributed by atoms with Gasteiger partial charge in [0.1, 0.15) is 24.8 Å². The summed E-state index contributed by atoms with van der Waals surface area (Å²) in [6.07, 6.45) is -1.88. The number of rotatable bonds is 16. The van der Waals surface area contributed by atoms with Crippen LogP contribution in [0.25, 0.3) is 0 Å². The molecule has 6 bridgehead atoms. The molecule has 1 unspecified atom stereocenters. The number of methoxy groups -OCH3 is 3. The lowest BCUT2D eigenvalue weighted by atomic mass is 9.70. The Labute approximate surface area is 427 Å². The minimum Gasteiger partial charge on any atom is -0.466 e. The molecule has 3 saturated heterocycles. The standard InChI is InChI=1S/C54H82O17Si/c1-14-72(15-2,16-3)71-44-28-43-30-47(65-36(5)55)52(9,10)53(61-12,69-43)32-45-27-40(57)26-41(67-45)22-23-51(7,8)54(62-13)50(66-37(6)56)39(25-48(58)60-11)24-42(70-54)29-46(68-49(59)31-44)35(4)64-34-63-33-38-20-18-17-19-21-38/h17-23,25,35,41-47,50H,14-16,24,26-34H2,1-13H3/b23-22+,39-25+/t35-,41+,42+,43-,44-,45+,46-,47+,50+,53?,54-/m1/s1. The summed E-state index contributed by atoms with van der Waals surface area (Å²) in [6, 6.07) is 12.0. The molecular formula is C54H82O17Si. The van der Waals surface area contributed by atoms with Gasteiger partial charge in [0.05, 0.1) is 62.2 Å². The van der Waals surface area contributed by atoms with E-state index in [9.17, 15) is 24.0 Å². The van der Waals surface area contributed by atoms with E-state index >= 15 is 0 Å². The Morgan fingerprint density at radius 3 is 2.11 bits per heavy atom. The minimum absolute atomic E-state index is 0.0219. The average Bonchev–Trinajstić information content (AvgIpc) is 3.32. The van der Waals surface area contributed by atoms with Gasteiger partial charge in [0.2, 0.25) is 5.79 Å². The molecule has 18 heteroatoms. The molecule has 11 atom stereocenters. The van der Waals surface area contributed by atoms with Crippen molar-refractivity contribution in [2.24, 2.45) is 10.8 Å². The molecule has 4 heterocycles. The number of hydrogen-bond acceptors (Lipinski definition) is 17. The Hall–Kier alpha value is -3.85. The Balaban J connectivity index is 1.67. The Kier molecular flexibility index (Phi) is 21.0. The molecule has 1 aromatic rings. The van der Waals surface area contributed by atoms with Gasteiger partial charge in [-0.2, -0.15) is 0 Å². The molecule has 0 aromatic heterocycles. The van der Waals surface area contributed by atoms with Gasteiger partial charge in [0.15, 0.2) is 20.2 Å². The molecule has 3 fully saturated rings. The van der Waals surface area contributed by atoms with Crippen LogP contribution in [0.2, 0.25) is 18.1 Å². The lowest BCUT2D eigenvalue weighted by molar-refractivity contribution is -0.358. The summed E-state index contributed by atoms with van der Waals surface area (Å²) in [5.74, 6) is -5.73. The smallest absolute Gasteiger partial charge is 0.330 e. The van der Waals surface area contributed by atoms with E-state index in [4.69, 9.17) is 56.5 Å². The summed E-state index contributed by atoms with van der Waals surface area (Å²) in [6.45, 7) is 18.4. The number of esters is 4. The van der Waals surface area contributed by atoms with Gasteiger partial charge < -0.3 is 56.5 Å². The zero-order valence-electron chi connectivity index (χ0n) is 44.9. The molecule has 0 N–H and O–H groups in total. The van der Waals surface area contributed by atoms with Crippen LogP contribution in [0.4, 0.5) is 0 Å². The van der Waals surface area contributed by atoms with Crippen molar-refractivity contribution in [2.75, 3.05) is 28.1 Å². The fraction of sp³-hybridized carbons (Fsp3) is 0.722. The molecule has 404 valence electrons. The summed E-state index contributed by atoms with van der Waals surface area (Å²) >= 11 is 0. The van der Waals surface area contributed by atoms with Gasteiger partial charge in [-0.25, -0.2) is 4.79 Å². The molecule has 4 aliphatic heterocycles. The molecule has 17 nitrogen and oxygen atoms in total. The average molecular weight is 1030 g/mol. The highest BCUT2D eigenvalue weighted by Gasteiger charge is 2.61. The fourth-order valence-electron chi connectivity index (χ4n) is 10.9. The number of Topliss-reactive ketones (excluding diaryl/α,β-unsaturated/α-hetero) is 1. The van der Waals surface area contributed by atoms with Gasteiger partial charge in [-0.3, -0.25) is 19.2 Å². The SMILES string of the molecule is CC[Si](CC)(CC)O[C@H]1CC(=O)O[C@@H]([C@@H](C)OCOCc2ccccc2)C[C@@H]2C/C(=C\C(=O)OC)[C@H](OC(C)=O)[C@@](OC)(O2)C(C)(C)/C=C/[C@H]2CC(=O)C[C@@H](CC3(OC)O[C@H](C1)C[C@H](OC(C)=O)C3(C)C)O2. The van der Waals surface area contributed by atoms with Gasteiger partial charge in [-0.05, 0) is 49.0 Å². The normalized spacial score (nSPS) is 32.7. The van der Waals surface area contributed by atoms with Crippen LogP contribution in [0.3, 0.4) is 0 Å². The number of cyclic esters (lactones) is 1. The number of carbonyl (C=O) groups is 5. The molecule has 0 amide bonds. The first kappa shape index (κ1) is 59.0. The maximum Gasteiger partial charge on any atom is 0.330 e. The highest BCUT2D eigenvalue weighted by molar-refractivity contribution is 6.73. The third-order valence-electron chi connectivity index (χ3n) is 15.3. The van der Waals surface area contributed by atoms with Crippen LogP contribution in [0.5, 0.6) is 0 Å². The van der Waals surface area contributed by atoms with Gasteiger partial charge in [0, 0.05) is 71.7 Å². The van der Waals surface area contributed by atoms with Gasteiger partial charge >= 0.3 is 23.9 Å². The molecule has 0 spiro atoms. The summed E-state index contributed by atoms with van der Waals surface area (Å²) in [4.78, 5) is 67.4. The van der Waals surface area contributed by atoms with E-state index in [2.05, 4.69) is 20.8 Å². The maximum absolute atomic E-state index is 14.8. The van der Waals surface area contributed by atoms with Crippen LogP contribution < -0.4 is 0 Å². The molecule has 1 aromatic carbocycles. The quantitative estimate of drug-likeness (QED) is 0.0291. The first-order valence-corrected chi connectivity index (χ1v) is 28.1. The predicted octanol–water partition coefficient (Wildman–Crippen LogP) is 8.39. The fourth-order valence-corrected chi connectivity index (χ4v) is 13.8. The molecule has 72 heavy (non-hydrogen) atoms. The van der Waals surface area contributed by atoms with E-state index in [1.54, 1.807) is 19.1 Å². The molecule has 4 aliphatic rings. The first-order valence-electron chi connectivity index (χ1n) is 25.6. The van der Waals surface area contributed by atoms with Crippen LogP contribution in [0.15, 0.2) is 54.1 Å². The van der Waals surface area contributed by atoms with Gasteiger partial charge in [-0.1, -0.05) is 91.0 Å². The van der Waals surface area contributed by atoms with Crippen molar-refractivity contribution in [3.8, 4) is 0 Å². The van der Waals surface area contributed by atoms with Crippen LogP contribution in [-0.2, 0) is 87.1 Å². The topological polar surface area (TPSA) is 196 Å². The van der Waals surface area contributed by atoms with E-state index in [0.717, 1.165) is 23.7 Å². The van der Waals surface area contributed by atoms with E-state index in [-0.39, 0.29) is 70.5 Å². The lowest BCUT2D eigenvalue weighted by Crippen LogP contribution is -2.63. The second kappa shape index (κ2) is 25.6. The minimum atomic E-state index is -2.42. The van der Waals surface area contributed by atoms with Crippen molar-refractivity contribution >= 4 is 38.0 Å². The van der Waals surface area contributed by atoms with Crippen LogP contribution in [0.1, 0.15) is 126 Å². The number of ketones is 1. The zero-order chi connectivity index (χ0) is 53.1. The van der Waals surface area contributed by atoms with Crippen molar-refractivity contribution in [1.82, 2.24) is 0 Å². The Bertz CT molecular complexity index is 2040. The van der Waals surface area contributed by atoms with E-state index < -0.39 is 110 Å². The van der Waals surface area contributed by atoms with Crippen molar-refractivity contribution in [3.05, 3.63) is 59.7 Å². The van der Waals surface area contributed by atoms with Crippen LogP contribution >= 0.6 is 0 Å². The molecule has 5 rings (SSSR count). The molecule has 0 radical (unpaired) electrons. The molecule has 0 saturated carbocycles. The lowest BCUT2D eigenvalue weighted by Gasteiger charge is -2.55. The molecule has 0 aliphatic carbocycles. The Morgan fingerprint density at radius 1 is 0.819 bits per heavy atom. The second-order valence-electron chi connectivity index (χ2n) is 20.8. The maximum atomic E-state index is 14.8. The van der Waals surface area contributed by atoms with Crippen molar-refractivity contribution in [1.29, 1.82) is 0 Å². The van der Waals surface area contributed by atoms with E-state index in [1.165, 1.54) is 41.3 Å². The number of hydrogen-bond donors (Lipinski definition) is 0. The highest BCUT2D eigenvalue weighted by Crippen LogP contribution is 2.52. The monoisotopic (exact) mass is 1030 g/mol. The summed E-state index contributed by atoms with van der Waals surface area (Å²) in [5, 5.41) is 0. The summed E-state index contributed by atoms with van der Waals surface area (Å²) in [5.41, 5.74) is -0.880. The largest absolute Gasteiger partial charge is 0.466 e.